The molecule has 0 amide bonds. The Labute approximate surface area is 109 Å². The summed E-state index contributed by atoms with van der Waals surface area (Å²) in [7, 11) is -1.24. The third kappa shape index (κ3) is 5.84. The van der Waals surface area contributed by atoms with Crippen molar-refractivity contribution in [3.05, 3.63) is 34.9 Å². The van der Waals surface area contributed by atoms with Crippen LogP contribution in [0.1, 0.15) is 19.4 Å². The molecule has 1 atom stereocenters. The first-order valence-corrected chi connectivity index (χ1v) is 7.13. The lowest BCUT2D eigenvalue weighted by Crippen LogP contribution is -2.18. The predicted octanol–water partition coefficient (Wildman–Crippen LogP) is 2.54. The molecule has 5 heteroatoms. The maximum absolute atomic E-state index is 11.7. The number of hydrogen-bond acceptors (Lipinski definition) is 3. The summed E-state index contributed by atoms with van der Waals surface area (Å²) in [5.41, 5.74) is 0.894. The minimum atomic E-state index is -1.24. The van der Waals surface area contributed by atoms with Gasteiger partial charge in [-0.25, -0.2) is 0 Å². The van der Waals surface area contributed by atoms with Crippen molar-refractivity contribution >= 4 is 28.4 Å². The molecule has 0 saturated carbocycles. The molecule has 0 spiro atoms. The van der Waals surface area contributed by atoms with Crippen molar-refractivity contribution in [2.75, 3.05) is 5.75 Å². The minimum absolute atomic E-state index is 0.0686. The zero-order valence-electron chi connectivity index (χ0n) is 9.81. The summed E-state index contributed by atoms with van der Waals surface area (Å²) >= 11 is 5.74. The highest BCUT2D eigenvalue weighted by atomic mass is 35.5. The van der Waals surface area contributed by atoms with Crippen molar-refractivity contribution in [3.8, 4) is 0 Å². The van der Waals surface area contributed by atoms with Crippen LogP contribution in [0.15, 0.2) is 24.3 Å². The number of ether oxygens (including phenoxy) is 1. The van der Waals surface area contributed by atoms with Crippen LogP contribution in [0, 0.1) is 0 Å². The van der Waals surface area contributed by atoms with Crippen LogP contribution in [0.5, 0.6) is 0 Å². The lowest BCUT2D eigenvalue weighted by Gasteiger charge is -2.07. The van der Waals surface area contributed by atoms with Gasteiger partial charge in [0.2, 0.25) is 0 Å². The molecule has 94 valence electrons. The summed E-state index contributed by atoms with van der Waals surface area (Å²) in [6.45, 7) is 3.53. The van der Waals surface area contributed by atoms with Gasteiger partial charge in [-0.1, -0.05) is 23.7 Å². The lowest BCUT2D eigenvalue weighted by molar-refractivity contribution is -0.144. The Balaban J connectivity index is 2.44. The highest BCUT2D eigenvalue weighted by Crippen LogP contribution is 2.11. The zero-order valence-corrected chi connectivity index (χ0v) is 11.4. The van der Waals surface area contributed by atoms with Crippen LogP contribution in [0.3, 0.4) is 0 Å². The summed E-state index contributed by atoms with van der Waals surface area (Å²) < 4.78 is 16.6. The van der Waals surface area contributed by atoms with Gasteiger partial charge >= 0.3 is 5.97 Å². The van der Waals surface area contributed by atoms with Gasteiger partial charge in [0.1, 0.15) is 5.75 Å². The van der Waals surface area contributed by atoms with Crippen LogP contribution in [-0.4, -0.2) is 22.0 Å². The number of carbonyl (C=O) groups excluding carboxylic acids is 1. The van der Waals surface area contributed by atoms with Crippen molar-refractivity contribution in [2.24, 2.45) is 0 Å². The van der Waals surface area contributed by atoms with E-state index < -0.39 is 16.8 Å². The Morgan fingerprint density at radius 2 is 1.94 bits per heavy atom. The van der Waals surface area contributed by atoms with Gasteiger partial charge in [0.05, 0.1) is 6.10 Å². The molecular weight excluding hydrogens is 260 g/mol. The highest BCUT2D eigenvalue weighted by Gasteiger charge is 2.11. The SMILES string of the molecule is CC(C)OC(=O)CS(=O)Cc1ccc(Cl)cc1. The third-order valence-corrected chi connectivity index (χ3v) is 3.35. The Bertz CT molecular complexity index is 401. The number of carbonyl (C=O) groups is 1. The molecule has 0 N–H and O–H groups in total. The Hall–Kier alpha value is -0.870. The Morgan fingerprint density at radius 1 is 1.35 bits per heavy atom. The molecule has 0 aliphatic rings. The quantitative estimate of drug-likeness (QED) is 0.775. The second kappa shape index (κ2) is 6.77. The largest absolute Gasteiger partial charge is 0.462 e. The molecule has 0 radical (unpaired) electrons. The summed E-state index contributed by atoms with van der Waals surface area (Å²) in [4.78, 5) is 11.3. The van der Waals surface area contributed by atoms with Crippen molar-refractivity contribution in [1.82, 2.24) is 0 Å². The molecule has 1 aromatic rings. The van der Waals surface area contributed by atoms with Crippen molar-refractivity contribution < 1.29 is 13.7 Å². The second-order valence-electron chi connectivity index (χ2n) is 3.89. The fourth-order valence-electron chi connectivity index (χ4n) is 1.25. The summed E-state index contributed by atoms with van der Waals surface area (Å²) in [5.74, 6) is -0.155. The molecular formula is C12H15ClO3S. The van der Waals surface area contributed by atoms with Gasteiger partial charge in [0.15, 0.2) is 0 Å². The molecule has 1 unspecified atom stereocenters. The normalized spacial score (nSPS) is 12.5. The van der Waals surface area contributed by atoms with E-state index in [9.17, 15) is 9.00 Å². The molecule has 0 heterocycles. The second-order valence-corrected chi connectivity index (χ2v) is 5.79. The topological polar surface area (TPSA) is 43.4 Å². The van der Waals surface area contributed by atoms with Crippen LogP contribution < -0.4 is 0 Å². The van der Waals surface area contributed by atoms with Gasteiger partial charge in [-0.2, -0.15) is 0 Å². The van der Waals surface area contributed by atoms with E-state index >= 15 is 0 Å². The average Bonchev–Trinajstić information content (AvgIpc) is 2.19. The van der Waals surface area contributed by atoms with Gasteiger partial charge in [-0.05, 0) is 31.5 Å². The van der Waals surface area contributed by atoms with E-state index in [1.807, 2.05) is 0 Å². The molecule has 0 aliphatic carbocycles. The van der Waals surface area contributed by atoms with E-state index in [1.165, 1.54) is 0 Å². The van der Waals surface area contributed by atoms with Crippen LogP contribution in [0.2, 0.25) is 5.02 Å². The number of halogens is 1. The van der Waals surface area contributed by atoms with Crippen LogP contribution in [0.25, 0.3) is 0 Å². The molecule has 0 aromatic heterocycles. The van der Waals surface area contributed by atoms with Crippen LogP contribution >= 0.6 is 11.6 Å². The van der Waals surface area contributed by atoms with Crippen molar-refractivity contribution in [2.45, 2.75) is 25.7 Å². The fourth-order valence-corrected chi connectivity index (χ4v) is 2.37. The molecule has 0 fully saturated rings. The average molecular weight is 275 g/mol. The number of rotatable bonds is 5. The van der Waals surface area contributed by atoms with E-state index in [4.69, 9.17) is 16.3 Å². The van der Waals surface area contributed by atoms with E-state index in [0.29, 0.717) is 10.8 Å². The van der Waals surface area contributed by atoms with E-state index in [1.54, 1.807) is 38.1 Å². The van der Waals surface area contributed by atoms with Gasteiger partial charge < -0.3 is 4.74 Å². The van der Waals surface area contributed by atoms with E-state index in [0.717, 1.165) is 5.56 Å². The molecule has 1 aromatic carbocycles. The molecule has 0 saturated heterocycles. The molecule has 0 aliphatic heterocycles. The van der Waals surface area contributed by atoms with Gasteiger partial charge in [-0.3, -0.25) is 9.00 Å². The maximum atomic E-state index is 11.7. The molecule has 0 bridgehead atoms. The third-order valence-electron chi connectivity index (χ3n) is 1.89. The fraction of sp³-hybridized carbons (Fsp3) is 0.417. The van der Waals surface area contributed by atoms with Crippen molar-refractivity contribution in [1.29, 1.82) is 0 Å². The lowest BCUT2D eigenvalue weighted by atomic mass is 10.2. The first-order chi connectivity index (χ1) is 7.97. The minimum Gasteiger partial charge on any atom is -0.462 e. The number of hydrogen-bond donors (Lipinski definition) is 0. The smallest absolute Gasteiger partial charge is 0.318 e. The predicted molar refractivity (Wildman–Crippen MR) is 69.4 cm³/mol. The van der Waals surface area contributed by atoms with Crippen LogP contribution in [0.4, 0.5) is 0 Å². The van der Waals surface area contributed by atoms with E-state index in [-0.39, 0.29) is 11.9 Å². The number of benzene rings is 1. The summed E-state index contributed by atoms with van der Waals surface area (Å²) in [5, 5.41) is 0.638. The zero-order chi connectivity index (χ0) is 12.8. The van der Waals surface area contributed by atoms with Crippen molar-refractivity contribution in [3.63, 3.8) is 0 Å². The molecule has 1 rings (SSSR count). The number of esters is 1. The maximum Gasteiger partial charge on any atom is 0.318 e. The van der Waals surface area contributed by atoms with Gasteiger partial charge in [0, 0.05) is 21.6 Å². The molecule has 3 nitrogen and oxygen atoms in total. The standard InChI is InChI=1S/C12H15ClO3S/c1-9(2)16-12(14)8-17(15)7-10-3-5-11(13)6-4-10/h3-6,9H,7-8H2,1-2H3. The summed E-state index contributed by atoms with van der Waals surface area (Å²) in [6, 6.07) is 7.07. The monoisotopic (exact) mass is 274 g/mol. The first-order valence-electron chi connectivity index (χ1n) is 5.26. The van der Waals surface area contributed by atoms with Gasteiger partial charge in [0.25, 0.3) is 0 Å². The summed E-state index contributed by atoms with van der Waals surface area (Å²) in [6.07, 6.45) is -0.171. The Kier molecular flexibility index (Phi) is 5.65. The van der Waals surface area contributed by atoms with Crippen LogP contribution in [-0.2, 0) is 26.1 Å². The van der Waals surface area contributed by atoms with E-state index in [2.05, 4.69) is 0 Å². The Morgan fingerprint density at radius 3 is 2.47 bits per heavy atom. The van der Waals surface area contributed by atoms with Gasteiger partial charge in [-0.15, -0.1) is 0 Å². The highest BCUT2D eigenvalue weighted by molar-refractivity contribution is 7.84. The molecule has 17 heavy (non-hydrogen) atoms. The first kappa shape index (κ1) is 14.2.